The van der Waals surface area contributed by atoms with Gasteiger partial charge in [-0.3, -0.25) is 14.9 Å². The Labute approximate surface area is 157 Å². The molecule has 1 N–H and O–H groups in total. The Balaban J connectivity index is 1.82. The third-order valence-electron chi connectivity index (χ3n) is 3.93. The Morgan fingerprint density at radius 1 is 1.27 bits per heavy atom. The number of nitrogens with one attached hydrogen (secondary N) is 1. The predicted molar refractivity (Wildman–Crippen MR) is 101 cm³/mol. The van der Waals surface area contributed by atoms with Crippen LogP contribution in [0, 0.1) is 17.0 Å². The highest BCUT2D eigenvalue weighted by Gasteiger charge is 2.19. The van der Waals surface area contributed by atoms with E-state index in [-0.39, 0.29) is 11.3 Å². The van der Waals surface area contributed by atoms with Gasteiger partial charge in [-0.2, -0.15) is 5.10 Å². The van der Waals surface area contributed by atoms with Gasteiger partial charge >= 0.3 is 0 Å². The summed E-state index contributed by atoms with van der Waals surface area (Å²) in [5, 5.41) is 18.1. The number of nitrogens with zero attached hydrogens (tertiary/aromatic N) is 3. The molecule has 26 heavy (non-hydrogen) atoms. The largest absolute Gasteiger partial charge is 0.307 e. The summed E-state index contributed by atoms with van der Waals surface area (Å²) < 4.78 is 2.62. The fourth-order valence-corrected chi connectivity index (χ4v) is 3.07. The number of aromatic nitrogens is 2. The van der Waals surface area contributed by atoms with Gasteiger partial charge in [0.15, 0.2) is 0 Å². The summed E-state index contributed by atoms with van der Waals surface area (Å²) in [5.41, 5.74) is 1.52. The number of amides is 1. The van der Waals surface area contributed by atoms with E-state index in [0.717, 1.165) is 10.0 Å². The zero-order chi connectivity index (χ0) is 18.7. The number of halogens is 1. The van der Waals surface area contributed by atoms with Gasteiger partial charge in [-0.05, 0) is 30.7 Å². The molecule has 1 heterocycles. The Bertz CT molecular complexity index is 984. The lowest BCUT2D eigenvalue weighted by Crippen LogP contribution is -2.17. The third-order valence-corrected chi connectivity index (χ3v) is 4.42. The number of carbonyl (C=O) groups is 1. The lowest BCUT2D eigenvalue weighted by Gasteiger charge is -2.11. The molecule has 0 aliphatic rings. The molecule has 0 atom stereocenters. The van der Waals surface area contributed by atoms with E-state index in [1.807, 2.05) is 24.3 Å². The zero-order valence-corrected chi connectivity index (χ0v) is 15.4. The van der Waals surface area contributed by atoms with E-state index in [1.165, 1.54) is 12.1 Å². The van der Waals surface area contributed by atoms with Gasteiger partial charge in [0.25, 0.3) is 11.6 Å². The van der Waals surface area contributed by atoms with Crippen molar-refractivity contribution in [3.05, 3.63) is 86.0 Å². The first-order valence-corrected chi connectivity index (χ1v) is 8.56. The van der Waals surface area contributed by atoms with E-state index in [1.54, 1.807) is 29.9 Å². The van der Waals surface area contributed by atoms with Crippen molar-refractivity contribution in [2.75, 3.05) is 5.32 Å². The molecule has 132 valence electrons. The average Bonchev–Trinajstić information content (AvgIpc) is 3.01. The van der Waals surface area contributed by atoms with Gasteiger partial charge in [0.1, 0.15) is 5.82 Å². The van der Waals surface area contributed by atoms with E-state index in [4.69, 9.17) is 0 Å². The topological polar surface area (TPSA) is 90.1 Å². The van der Waals surface area contributed by atoms with Gasteiger partial charge in [-0.1, -0.05) is 34.1 Å². The molecule has 8 heteroatoms. The van der Waals surface area contributed by atoms with Crippen LogP contribution in [0.15, 0.2) is 59.2 Å². The molecule has 0 saturated carbocycles. The molecule has 3 rings (SSSR count). The van der Waals surface area contributed by atoms with Crippen molar-refractivity contribution in [3.8, 4) is 0 Å². The molecule has 0 bridgehead atoms. The first-order valence-electron chi connectivity index (χ1n) is 7.77. The second kappa shape index (κ2) is 7.49. The first-order chi connectivity index (χ1) is 12.5. The van der Waals surface area contributed by atoms with E-state index in [2.05, 4.69) is 26.3 Å². The van der Waals surface area contributed by atoms with Crippen molar-refractivity contribution in [1.29, 1.82) is 0 Å². The van der Waals surface area contributed by atoms with Gasteiger partial charge < -0.3 is 5.32 Å². The molecule has 1 amide bonds. The highest BCUT2D eigenvalue weighted by atomic mass is 79.9. The van der Waals surface area contributed by atoms with E-state index in [0.29, 0.717) is 17.9 Å². The summed E-state index contributed by atoms with van der Waals surface area (Å²) in [6, 6.07) is 13.9. The van der Waals surface area contributed by atoms with E-state index >= 15 is 0 Å². The quantitative estimate of drug-likeness (QED) is 0.501. The minimum atomic E-state index is -0.496. The number of carbonyl (C=O) groups excluding carboxylic acids is 1. The molecule has 2 aromatic carbocycles. The molecule has 0 aliphatic carbocycles. The molecule has 0 unspecified atom stereocenters. The highest BCUT2D eigenvalue weighted by molar-refractivity contribution is 9.10. The van der Waals surface area contributed by atoms with Gasteiger partial charge in [-0.15, -0.1) is 0 Å². The predicted octanol–water partition coefficient (Wildman–Crippen LogP) is 4.16. The van der Waals surface area contributed by atoms with Crippen LogP contribution >= 0.6 is 15.9 Å². The number of hydrogen-bond donors (Lipinski definition) is 1. The molecule has 0 fully saturated rings. The highest BCUT2D eigenvalue weighted by Crippen LogP contribution is 2.22. The fraction of sp³-hybridized carbons (Fsp3) is 0.111. The van der Waals surface area contributed by atoms with Crippen molar-refractivity contribution in [1.82, 2.24) is 9.78 Å². The maximum Gasteiger partial charge on any atom is 0.273 e. The minimum absolute atomic E-state index is 0.0831. The van der Waals surface area contributed by atoms with Crippen LogP contribution in [0.25, 0.3) is 0 Å². The number of rotatable bonds is 5. The van der Waals surface area contributed by atoms with Crippen LogP contribution in [0.5, 0.6) is 0 Å². The monoisotopic (exact) mass is 414 g/mol. The second-order valence-corrected chi connectivity index (χ2v) is 6.58. The van der Waals surface area contributed by atoms with Crippen LogP contribution < -0.4 is 5.32 Å². The van der Waals surface area contributed by atoms with Crippen LogP contribution in [0.2, 0.25) is 0 Å². The van der Waals surface area contributed by atoms with Crippen LogP contribution in [-0.4, -0.2) is 20.6 Å². The summed E-state index contributed by atoms with van der Waals surface area (Å²) in [7, 11) is 0. The Hall–Kier alpha value is -3.00. The molecule has 0 saturated heterocycles. The summed E-state index contributed by atoms with van der Waals surface area (Å²) in [6.07, 6.45) is 1.59. The molecule has 7 nitrogen and oxygen atoms in total. The standard InChI is InChI=1S/C18H15BrN4O3/c1-12-15(6-3-7-16(12)23(25)26)18(24)21-17-8-9-20-22(17)11-13-4-2-5-14(19)10-13/h2-10H,11H2,1H3,(H,21,24). The molecule has 1 aromatic heterocycles. The molecule has 0 aliphatic heterocycles. The lowest BCUT2D eigenvalue weighted by molar-refractivity contribution is -0.385. The van der Waals surface area contributed by atoms with E-state index < -0.39 is 10.8 Å². The Morgan fingerprint density at radius 2 is 2.04 bits per heavy atom. The normalized spacial score (nSPS) is 10.5. The van der Waals surface area contributed by atoms with Crippen molar-refractivity contribution < 1.29 is 9.72 Å². The fourth-order valence-electron chi connectivity index (χ4n) is 2.62. The van der Waals surface area contributed by atoms with Gasteiger partial charge in [-0.25, -0.2) is 4.68 Å². The summed E-state index contributed by atoms with van der Waals surface area (Å²) in [6.45, 7) is 2.04. The number of hydrogen-bond acceptors (Lipinski definition) is 4. The number of nitro benzene ring substituents is 1. The first kappa shape index (κ1) is 17.8. The van der Waals surface area contributed by atoms with Crippen LogP contribution in [0.3, 0.4) is 0 Å². The smallest absolute Gasteiger partial charge is 0.273 e. The molecule has 0 spiro atoms. The third kappa shape index (κ3) is 3.80. The molecular formula is C18H15BrN4O3. The van der Waals surface area contributed by atoms with Crippen molar-refractivity contribution in [2.24, 2.45) is 0 Å². The number of nitro groups is 1. The maximum atomic E-state index is 12.6. The van der Waals surface area contributed by atoms with Gasteiger partial charge in [0.2, 0.25) is 0 Å². The van der Waals surface area contributed by atoms with Gasteiger partial charge in [0.05, 0.1) is 17.7 Å². The summed E-state index contributed by atoms with van der Waals surface area (Å²) in [4.78, 5) is 23.1. The van der Waals surface area contributed by atoms with Crippen LogP contribution in [-0.2, 0) is 6.54 Å². The Kier molecular flexibility index (Phi) is 5.13. The van der Waals surface area contributed by atoms with Gasteiger partial charge in [0, 0.05) is 27.7 Å². The Morgan fingerprint density at radius 3 is 2.77 bits per heavy atom. The van der Waals surface area contributed by atoms with Crippen LogP contribution in [0.1, 0.15) is 21.5 Å². The molecule has 0 radical (unpaired) electrons. The second-order valence-electron chi connectivity index (χ2n) is 5.66. The summed E-state index contributed by atoms with van der Waals surface area (Å²) >= 11 is 3.43. The molecular weight excluding hydrogens is 400 g/mol. The SMILES string of the molecule is Cc1c(C(=O)Nc2ccnn2Cc2cccc(Br)c2)cccc1[N+](=O)[O-]. The van der Waals surface area contributed by atoms with Crippen molar-refractivity contribution >= 4 is 33.3 Å². The zero-order valence-electron chi connectivity index (χ0n) is 13.8. The summed E-state index contributed by atoms with van der Waals surface area (Å²) in [5.74, 6) is 0.100. The number of anilines is 1. The van der Waals surface area contributed by atoms with Crippen molar-refractivity contribution in [3.63, 3.8) is 0 Å². The van der Waals surface area contributed by atoms with Crippen molar-refractivity contribution in [2.45, 2.75) is 13.5 Å². The van der Waals surface area contributed by atoms with Crippen LogP contribution in [0.4, 0.5) is 11.5 Å². The lowest BCUT2D eigenvalue weighted by atomic mass is 10.1. The maximum absolute atomic E-state index is 12.6. The minimum Gasteiger partial charge on any atom is -0.307 e. The number of benzene rings is 2. The average molecular weight is 415 g/mol. The van der Waals surface area contributed by atoms with E-state index in [9.17, 15) is 14.9 Å². The molecule has 3 aromatic rings.